The molecule has 2 fully saturated rings. The highest BCUT2D eigenvalue weighted by Crippen LogP contribution is 2.32. The van der Waals surface area contributed by atoms with Gasteiger partial charge in [-0.3, -0.25) is 14.9 Å². The fraction of sp³-hybridized carbons (Fsp3) is 0.632. The normalized spacial score (nSPS) is 21.5. The first-order valence-electron chi connectivity index (χ1n) is 9.41. The molecule has 0 aliphatic carbocycles. The zero-order valence-corrected chi connectivity index (χ0v) is 15.9. The third-order valence-electron chi connectivity index (χ3n) is 5.52. The van der Waals surface area contributed by atoms with Crippen molar-refractivity contribution in [3.8, 4) is 0 Å². The average molecular weight is 360 g/mol. The minimum absolute atomic E-state index is 0.0352. The summed E-state index contributed by atoms with van der Waals surface area (Å²) in [6.45, 7) is 8.20. The number of piperazine rings is 1. The van der Waals surface area contributed by atoms with E-state index in [1.165, 1.54) is 6.07 Å². The topological polar surface area (TPSA) is 69.9 Å². The molecule has 26 heavy (non-hydrogen) atoms. The molecule has 0 spiro atoms. The van der Waals surface area contributed by atoms with Crippen LogP contribution in [0.15, 0.2) is 18.2 Å². The molecular formula is C19H28N4O3. The molecule has 0 bridgehead atoms. The number of nitrogens with zero attached hydrogens (tertiary/aromatic N) is 4. The number of hydrogen-bond acceptors (Lipinski definition) is 5. The van der Waals surface area contributed by atoms with Gasteiger partial charge in [-0.2, -0.15) is 0 Å². The molecule has 0 N–H and O–H groups in total. The number of rotatable bonds is 4. The summed E-state index contributed by atoms with van der Waals surface area (Å²) in [7, 11) is 2.06. The van der Waals surface area contributed by atoms with E-state index >= 15 is 0 Å². The Morgan fingerprint density at radius 3 is 2.50 bits per heavy atom. The van der Waals surface area contributed by atoms with Crippen LogP contribution in [-0.4, -0.2) is 66.4 Å². The van der Waals surface area contributed by atoms with Crippen LogP contribution < -0.4 is 4.90 Å². The highest BCUT2D eigenvalue weighted by atomic mass is 16.6. The molecule has 7 nitrogen and oxygen atoms in total. The van der Waals surface area contributed by atoms with Crippen LogP contribution in [0.1, 0.15) is 37.0 Å². The van der Waals surface area contributed by atoms with Crippen molar-refractivity contribution in [3.05, 3.63) is 33.9 Å². The molecule has 2 aliphatic heterocycles. The van der Waals surface area contributed by atoms with E-state index in [0.717, 1.165) is 39.0 Å². The average Bonchev–Trinajstić information content (AvgIpc) is 3.15. The van der Waals surface area contributed by atoms with E-state index in [0.29, 0.717) is 23.7 Å². The molecule has 0 aromatic heterocycles. The van der Waals surface area contributed by atoms with Crippen molar-refractivity contribution >= 4 is 17.3 Å². The van der Waals surface area contributed by atoms with Gasteiger partial charge in [-0.1, -0.05) is 13.8 Å². The first-order chi connectivity index (χ1) is 12.4. The van der Waals surface area contributed by atoms with Crippen LogP contribution in [0.4, 0.5) is 11.4 Å². The van der Waals surface area contributed by atoms with Crippen LogP contribution in [-0.2, 0) is 0 Å². The Labute approximate surface area is 154 Å². The molecule has 1 amide bonds. The van der Waals surface area contributed by atoms with Crippen LogP contribution in [0, 0.1) is 16.0 Å². The second-order valence-electron chi connectivity index (χ2n) is 7.73. The standard InChI is InChI=1S/C19H28N4O3/c1-14(2)18-13-20(3)10-11-22(18)19(24)15-6-7-16(17(12-15)23(25)26)21-8-4-5-9-21/h6-7,12,14,18H,4-5,8-11,13H2,1-3H3. The maximum Gasteiger partial charge on any atom is 0.293 e. The summed E-state index contributed by atoms with van der Waals surface area (Å²) in [6, 6.07) is 5.08. The van der Waals surface area contributed by atoms with Crippen molar-refractivity contribution in [1.82, 2.24) is 9.80 Å². The van der Waals surface area contributed by atoms with Crippen molar-refractivity contribution in [1.29, 1.82) is 0 Å². The van der Waals surface area contributed by atoms with Gasteiger partial charge in [-0.05, 0) is 37.9 Å². The molecule has 7 heteroatoms. The molecule has 3 rings (SSSR count). The SMILES string of the molecule is CC(C)C1CN(C)CCN1C(=O)c1ccc(N2CCCC2)c([N+](=O)[O-])c1. The predicted octanol–water partition coefficient (Wildman–Crippen LogP) is 2.61. The second kappa shape index (κ2) is 7.61. The van der Waals surface area contributed by atoms with Crippen molar-refractivity contribution in [2.45, 2.75) is 32.7 Å². The largest absolute Gasteiger partial charge is 0.366 e. The van der Waals surface area contributed by atoms with Crippen molar-refractivity contribution in [2.75, 3.05) is 44.7 Å². The van der Waals surface area contributed by atoms with Crippen molar-refractivity contribution < 1.29 is 9.72 Å². The highest BCUT2D eigenvalue weighted by Gasteiger charge is 2.33. The van der Waals surface area contributed by atoms with Crippen LogP contribution >= 0.6 is 0 Å². The minimum atomic E-state index is -0.367. The Bertz CT molecular complexity index is 685. The lowest BCUT2D eigenvalue weighted by Gasteiger charge is -2.42. The lowest BCUT2D eigenvalue weighted by Crippen LogP contribution is -2.56. The fourth-order valence-corrected chi connectivity index (χ4v) is 3.97. The van der Waals surface area contributed by atoms with Gasteiger partial charge in [0.15, 0.2) is 0 Å². The lowest BCUT2D eigenvalue weighted by atomic mass is 9.98. The number of anilines is 1. The zero-order valence-electron chi connectivity index (χ0n) is 15.9. The summed E-state index contributed by atoms with van der Waals surface area (Å²) in [4.78, 5) is 30.5. The molecule has 0 radical (unpaired) electrons. The fourth-order valence-electron chi connectivity index (χ4n) is 3.97. The lowest BCUT2D eigenvalue weighted by molar-refractivity contribution is -0.384. The molecule has 2 aliphatic rings. The second-order valence-corrected chi connectivity index (χ2v) is 7.73. The molecule has 142 valence electrons. The molecule has 0 saturated carbocycles. The van der Waals surface area contributed by atoms with Gasteiger partial charge in [0.1, 0.15) is 5.69 Å². The van der Waals surface area contributed by atoms with Gasteiger partial charge < -0.3 is 14.7 Å². The number of carbonyl (C=O) groups excluding carboxylic acids is 1. The monoisotopic (exact) mass is 360 g/mol. The number of carbonyl (C=O) groups is 1. The van der Waals surface area contributed by atoms with E-state index < -0.39 is 0 Å². The Balaban J connectivity index is 1.89. The van der Waals surface area contributed by atoms with Crippen LogP contribution in [0.2, 0.25) is 0 Å². The first kappa shape index (κ1) is 18.6. The quantitative estimate of drug-likeness (QED) is 0.610. The number of nitro groups is 1. The molecule has 2 heterocycles. The Morgan fingerprint density at radius 1 is 1.19 bits per heavy atom. The summed E-state index contributed by atoms with van der Waals surface area (Å²) < 4.78 is 0. The number of nitro benzene ring substituents is 1. The first-order valence-corrected chi connectivity index (χ1v) is 9.41. The maximum atomic E-state index is 13.1. The number of amides is 1. The molecule has 1 aromatic carbocycles. The van der Waals surface area contributed by atoms with Gasteiger partial charge in [0.05, 0.1) is 4.92 Å². The maximum absolute atomic E-state index is 13.1. The third-order valence-corrected chi connectivity index (χ3v) is 5.52. The molecule has 1 unspecified atom stereocenters. The smallest absolute Gasteiger partial charge is 0.293 e. The van der Waals surface area contributed by atoms with Gasteiger partial charge in [0.25, 0.3) is 11.6 Å². The summed E-state index contributed by atoms with van der Waals surface area (Å²) in [5.41, 5.74) is 1.07. The van der Waals surface area contributed by atoms with E-state index in [9.17, 15) is 14.9 Å². The van der Waals surface area contributed by atoms with Crippen LogP contribution in [0.25, 0.3) is 0 Å². The molecule has 1 atom stereocenters. The number of benzene rings is 1. The Kier molecular flexibility index (Phi) is 5.46. The zero-order chi connectivity index (χ0) is 18.8. The molecular weight excluding hydrogens is 332 g/mol. The van der Waals surface area contributed by atoms with Crippen LogP contribution in [0.3, 0.4) is 0 Å². The summed E-state index contributed by atoms with van der Waals surface area (Å²) in [5.74, 6) is 0.230. The van der Waals surface area contributed by atoms with E-state index in [-0.39, 0.29) is 22.6 Å². The van der Waals surface area contributed by atoms with Gasteiger partial charge >= 0.3 is 0 Å². The molecule has 2 saturated heterocycles. The predicted molar refractivity (Wildman–Crippen MR) is 102 cm³/mol. The van der Waals surface area contributed by atoms with E-state index in [2.05, 4.69) is 25.8 Å². The summed E-state index contributed by atoms with van der Waals surface area (Å²) >= 11 is 0. The van der Waals surface area contributed by atoms with Gasteiger partial charge in [-0.25, -0.2) is 0 Å². The van der Waals surface area contributed by atoms with Crippen molar-refractivity contribution in [3.63, 3.8) is 0 Å². The van der Waals surface area contributed by atoms with Crippen LogP contribution in [0.5, 0.6) is 0 Å². The Hall–Kier alpha value is -2.15. The van der Waals surface area contributed by atoms with Crippen molar-refractivity contribution in [2.24, 2.45) is 5.92 Å². The minimum Gasteiger partial charge on any atom is -0.366 e. The number of likely N-dealkylation sites (N-methyl/N-ethyl adjacent to an activating group) is 1. The summed E-state index contributed by atoms with van der Waals surface area (Å²) in [6.07, 6.45) is 2.10. The highest BCUT2D eigenvalue weighted by molar-refractivity contribution is 5.96. The van der Waals surface area contributed by atoms with E-state index in [4.69, 9.17) is 0 Å². The van der Waals surface area contributed by atoms with Gasteiger partial charge in [-0.15, -0.1) is 0 Å². The summed E-state index contributed by atoms with van der Waals surface area (Å²) in [5, 5.41) is 11.6. The van der Waals surface area contributed by atoms with Gasteiger partial charge in [0.2, 0.25) is 0 Å². The van der Waals surface area contributed by atoms with Gasteiger partial charge in [0, 0.05) is 50.4 Å². The molecule has 1 aromatic rings. The number of hydrogen-bond donors (Lipinski definition) is 0. The van der Waals surface area contributed by atoms with E-state index in [1.807, 2.05) is 9.80 Å². The third kappa shape index (κ3) is 3.67. The van der Waals surface area contributed by atoms with E-state index in [1.54, 1.807) is 12.1 Å². The Morgan fingerprint density at radius 2 is 1.88 bits per heavy atom.